The summed E-state index contributed by atoms with van der Waals surface area (Å²) in [6.45, 7) is 4.68. The first-order valence-corrected chi connectivity index (χ1v) is 6.77. The topological polar surface area (TPSA) is 64.1 Å². The Labute approximate surface area is 129 Å². The minimum absolute atomic E-state index is 0.0213. The summed E-state index contributed by atoms with van der Waals surface area (Å²) in [5.41, 5.74) is -2.87. The molecule has 5 nitrogen and oxygen atoms in total. The number of aromatic amines is 1. The van der Waals surface area contributed by atoms with E-state index in [-0.39, 0.29) is 22.6 Å². The van der Waals surface area contributed by atoms with Gasteiger partial charge in [0.15, 0.2) is 0 Å². The van der Waals surface area contributed by atoms with Gasteiger partial charge in [-0.3, -0.25) is 4.79 Å². The zero-order chi connectivity index (χ0) is 16.6. The van der Waals surface area contributed by atoms with Gasteiger partial charge in [0.1, 0.15) is 11.6 Å². The maximum Gasteiger partial charge on any atom is 0.333 e. The van der Waals surface area contributed by atoms with Crippen LogP contribution in [-0.4, -0.2) is 15.7 Å². The van der Waals surface area contributed by atoms with Gasteiger partial charge in [0.05, 0.1) is 22.5 Å². The Bertz CT molecular complexity index is 843. The van der Waals surface area contributed by atoms with Crippen molar-refractivity contribution in [3.63, 3.8) is 0 Å². The SMILES string of the molecule is Cc1[nH]c(=O)n(-c2cc(OC(C)C)c(Cl)cc2F)c(=O)c1F. The number of hydrogen-bond acceptors (Lipinski definition) is 3. The van der Waals surface area contributed by atoms with Gasteiger partial charge in [-0.2, -0.15) is 4.39 Å². The van der Waals surface area contributed by atoms with Crippen molar-refractivity contribution in [3.05, 3.63) is 55.3 Å². The molecule has 1 aromatic heterocycles. The van der Waals surface area contributed by atoms with Crippen molar-refractivity contribution in [2.24, 2.45) is 0 Å². The predicted octanol–water partition coefficient (Wildman–Crippen LogP) is 2.55. The molecule has 0 amide bonds. The van der Waals surface area contributed by atoms with E-state index in [1.807, 2.05) is 0 Å². The number of rotatable bonds is 3. The third kappa shape index (κ3) is 2.89. The van der Waals surface area contributed by atoms with Gasteiger partial charge in [-0.05, 0) is 26.8 Å². The molecular formula is C14H13ClF2N2O3. The van der Waals surface area contributed by atoms with Crippen LogP contribution < -0.4 is 16.0 Å². The Morgan fingerprint density at radius 2 is 1.91 bits per heavy atom. The molecule has 1 heterocycles. The Hall–Kier alpha value is -2.15. The molecule has 0 saturated heterocycles. The fraction of sp³-hybridized carbons (Fsp3) is 0.286. The monoisotopic (exact) mass is 330 g/mol. The van der Waals surface area contributed by atoms with Crippen LogP contribution in [0.4, 0.5) is 8.78 Å². The van der Waals surface area contributed by atoms with E-state index in [9.17, 15) is 18.4 Å². The summed E-state index contributed by atoms with van der Waals surface area (Å²) in [6, 6.07) is 1.99. The maximum atomic E-state index is 14.1. The second kappa shape index (κ2) is 5.92. The fourth-order valence-electron chi connectivity index (χ4n) is 1.87. The largest absolute Gasteiger partial charge is 0.489 e. The first-order valence-electron chi connectivity index (χ1n) is 6.40. The summed E-state index contributed by atoms with van der Waals surface area (Å²) in [6.07, 6.45) is -0.263. The van der Waals surface area contributed by atoms with Crippen LogP contribution in [0.15, 0.2) is 21.7 Å². The lowest BCUT2D eigenvalue weighted by molar-refractivity contribution is 0.242. The highest BCUT2D eigenvalue weighted by molar-refractivity contribution is 6.32. The lowest BCUT2D eigenvalue weighted by Crippen LogP contribution is -2.37. The highest BCUT2D eigenvalue weighted by Gasteiger charge is 2.18. The lowest BCUT2D eigenvalue weighted by atomic mass is 10.2. The average molecular weight is 331 g/mol. The Kier molecular flexibility index (Phi) is 4.37. The van der Waals surface area contributed by atoms with Crippen LogP contribution >= 0.6 is 11.6 Å². The van der Waals surface area contributed by atoms with Gasteiger partial charge >= 0.3 is 5.69 Å². The molecule has 118 valence electrons. The normalized spacial score (nSPS) is 11.0. The molecule has 0 atom stereocenters. The van der Waals surface area contributed by atoms with Crippen LogP contribution in [-0.2, 0) is 0 Å². The van der Waals surface area contributed by atoms with Gasteiger partial charge in [-0.1, -0.05) is 11.6 Å². The molecule has 0 fully saturated rings. The van der Waals surface area contributed by atoms with E-state index < -0.39 is 28.6 Å². The van der Waals surface area contributed by atoms with E-state index in [1.165, 1.54) is 6.92 Å². The number of nitrogens with one attached hydrogen (secondary N) is 1. The van der Waals surface area contributed by atoms with Gasteiger partial charge in [-0.15, -0.1) is 0 Å². The number of aryl methyl sites for hydroxylation is 1. The van der Waals surface area contributed by atoms with Crippen molar-refractivity contribution in [2.75, 3.05) is 0 Å². The van der Waals surface area contributed by atoms with Gasteiger partial charge in [0, 0.05) is 6.07 Å². The molecule has 0 aliphatic rings. The molecule has 0 bridgehead atoms. The molecule has 1 aromatic carbocycles. The van der Waals surface area contributed by atoms with Crippen molar-refractivity contribution in [3.8, 4) is 11.4 Å². The van der Waals surface area contributed by atoms with E-state index in [4.69, 9.17) is 16.3 Å². The van der Waals surface area contributed by atoms with Crippen molar-refractivity contribution < 1.29 is 13.5 Å². The van der Waals surface area contributed by atoms with Crippen LogP contribution in [0, 0.1) is 18.6 Å². The molecule has 2 aromatic rings. The standard InChI is InChI=1S/C14H13ClF2N2O3/c1-6(2)22-11-5-10(9(16)4-8(11)15)19-13(20)12(17)7(3)18-14(19)21/h4-6H,1-3H3,(H,18,21). The van der Waals surface area contributed by atoms with E-state index in [1.54, 1.807) is 13.8 Å². The predicted molar refractivity (Wildman–Crippen MR) is 78.1 cm³/mol. The maximum absolute atomic E-state index is 14.1. The summed E-state index contributed by atoms with van der Waals surface area (Å²) >= 11 is 5.86. The van der Waals surface area contributed by atoms with Gasteiger partial charge in [-0.25, -0.2) is 13.8 Å². The molecule has 0 unspecified atom stereocenters. The number of nitrogens with zero attached hydrogens (tertiary/aromatic N) is 1. The van der Waals surface area contributed by atoms with Gasteiger partial charge in [0.2, 0.25) is 5.82 Å². The van der Waals surface area contributed by atoms with E-state index >= 15 is 0 Å². The molecule has 0 radical (unpaired) electrons. The molecule has 2 rings (SSSR count). The first kappa shape index (κ1) is 16.2. The van der Waals surface area contributed by atoms with Gasteiger partial charge in [0.25, 0.3) is 5.56 Å². The quantitative estimate of drug-likeness (QED) is 0.940. The number of aromatic nitrogens is 2. The van der Waals surface area contributed by atoms with E-state index in [0.29, 0.717) is 4.57 Å². The summed E-state index contributed by atoms with van der Waals surface area (Å²) < 4.78 is 33.5. The molecule has 0 aliphatic heterocycles. The number of H-pyrrole nitrogens is 1. The van der Waals surface area contributed by atoms with Crippen molar-refractivity contribution in [1.82, 2.24) is 9.55 Å². The zero-order valence-electron chi connectivity index (χ0n) is 12.0. The summed E-state index contributed by atoms with van der Waals surface area (Å²) in [5, 5.41) is -0.0213. The highest BCUT2D eigenvalue weighted by atomic mass is 35.5. The Balaban J connectivity index is 2.76. The van der Waals surface area contributed by atoms with Crippen molar-refractivity contribution in [1.29, 1.82) is 0 Å². The Morgan fingerprint density at radius 1 is 1.27 bits per heavy atom. The van der Waals surface area contributed by atoms with Crippen LogP contribution in [0.1, 0.15) is 19.5 Å². The second-order valence-electron chi connectivity index (χ2n) is 4.91. The smallest absolute Gasteiger partial charge is 0.333 e. The molecule has 0 spiro atoms. The third-order valence-electron chi connectivity index (χ3n) is 2.82. The van der Waals surface area contributed by atoms with Crippen molar-refractivity contribution >= 4 is 11.6 Å². The summed E-state index contributed by atoms with van der Waals surface area (Å²) in [7, 11) is 0. The average Bonchev–Trinajstić information content (AvgIpc) is 2.40. The first-order chi connectivity index (χ1) is 10.2. The van der Waals surface area contributed by atoms with Crippen LogP contribution in [0.2, 0.25) is 5.02 Å². The molecule has 0 saturated carbocycles. The molecular weight excluding hydrogens is 318 g/mol. The molecule has 1 N–H and O–H groups in total. The zero-order valence-corrected chi connectivity index (χ0v) is 12.8. The molecule has 0 aliphatic carbocycles. The number of benzene rings is 1. The van der Waals surface area contributed by atoms with Crippen LogP contribution in [0.3, 0.4) is 0 Å². The second-order valence-corrected chi connectivity index (χ2v) is 5.32. The fourth-order valence-corrected chi connectivity index (χ4v) is 2.07. The summed E-state index contributed by atoms with van der Waals surface area (Å²) in [5.74, 6) is -2.03. The van der Waals surface area contributed by atoms with E-state index in [0.717, 1.165) is 12.1 Å². The van der Waals surface area contributed by atoms with Crippen molar-refractivity contribution in [2.45, 2.75) is 26.9 Å². The van der Waals surface area contributed by atoms with Crippen LogP contribution in [0.5, 0.6) is 5.75 Å². The molecule has 22 heavy (non-hydrogen) atoms. The summed E-state index contributed by atoms with van der Waals surface area (Å²) in [4.78, 5) is 25.9. The molecule has 8 heteroatoms. The lowest BCUT2D eigenvalue weighted by Gasteiger charge is -2.14. The Morgan fingerprint density at radius 3 is 2.50 bits per heavy atom. The third-order valence-corrected chi connectivity index (χ3v) is 3.12. The van der Waals surface area contributed by atoms with Gasteiger partial charge < -0.3 is 9.72 Å². The minimum Gasteiger partial charge on any atom is -0.489 e. The highest BCUT2D eigenvalue weighted by Crippen LogP contribution is 2.29. The number of halogens is 3. The minimum atomic E-state index is -1.25. The van der Waals surface area contributed by atoms with Crippen LogP contribution in [0.25, 0.3) is 5.69 Å². The number of hydrogen-bond donors (Lipinski definition) is 1. The number of ether oxygens (including phenoxy) is 1. The van der Waals surface area contributed by atoms with E-state index in [2.05, 4.69) is 4.98 Å².